The molecule has 1 aliphatic rings. The minimum atomic E-state index is -0.408. The van der Waals surface area contributed by atoms with Gasteiger partial charge in [0.05, 0.1) is 6.04 Å². The van der Waals surface area contributed by atoms with Crippen LogP contribution in [0.15, 0.2) is 12.4 Å². The molecule has 1 aromatic heterocycles. The minimum Gasteiger partial charge on any atom is -0.373 e. The van der Waals surface area contributed by atoms with Crippen LogP contribution in [0.3, 0.4) is 0 Å². The van der Waals surface area contributed by atoms with Gasteiger partial charge in [0.15, 0.2) is 0 Å². The summed E-state index contributed by atoms with van der Waals surface area (Å²) in [5, 5.41) is 5.99. The summed E-state index contributed by atoms with van der Waals surface area (Å²) < 4.78 is 0. The summed E-state index contributed by atoms with van der Waals surface area (Å²) >= 11 is 0. The van der Waals surface area contributed by atoms with Gasteiger partial charge in [-0.1, -0.05) is 13.3 Å². The number of amides is 1. The van der Waals surface area contributed by atoms with Crippen molar-refractivity contribution in [2.24, 2.45) is 5.73 Å². The molecular weight excluding hydrogens is 316 g/mol. The van der Waals surface area contributed by atoms with E-state index in [0.29, 0.717) is 6.54 Å². The number of nitrogens with zero attached hydrogens (tertiary/aromatic N) is 3. The molecule has 0 radical (unpaired) electrons. The number of nitrogens with one attached hydrogen (secondary N) is 2. The van der Waals surface area contributed by atoms with Crippen molar-refractivity contribution < 1.29 is 4.79 Å². The van der Waals surface area contributed by atoms with E-state index in [1.54, 1.807) is 6.33 Å². The van der Waals surface area contributed by atoms with Gasteiger partial charge in [0, 0.05) is 32.2 Å². The maximum atomic E-state index is 11.9. The second kappa shape index (κ2) is 9.52. The van der Waals surface area contributed by atoms with Gasteiger partial charge in [-0.3, -0.25) is 4.79 Å². The van der Waals surface area contributed by atoms with Gasteiger partial charge in [-0.15, -0.1) is 12.4 Å². The van der Waals surface area contributed by atoms with Crippen LogP contribution >= 0.6 is 12.4 Å². The monoisotopic (exact) mass is 342 g/mol. The van der Waals surface area contributed by atoms with Crippen molar-refractivity contribution in [2.45, 2.75) is 44.7 Å². The zero-order valence-corrected chi connectivity index (χ0v) is 14.6. The van der Waals surface area contributed by atoms with Crippen LogP contribution < -0.4 is 21.3 Å². The van der Waals surface area contributed by atoms with Crippen molar-refractivity contribution in [2.75, 3.05) is 30.4 Å². The molecule has 0 aliphatic carbocycles. The largest absolute Gasteiger partial charge is 0.373 e. The summed E-state index contributed by atoms with van der Waals surface area (Å²) in [4.78, 5) is 22.7. The van der Waals surface area contributed by atoms with Crippen LogP contribution in [0.25, 0.3) is 0 Å². The minimum absolute atomic E-state index is 0. The first-order valence-corrected chi connectivity index (χ1v) is 7.95. The summed E-state index contributed by atoms with van der Waals surface area (Å²) in [5.41, 5.74) is 5.84. The Morgan fingerprint density at radius 2 is 2.30 bits per heavy atom. The van der Waals surface area contributed by atoms with Crippen molar-refractivity contribution in [3.05, 3.63) is 12.4 Å². The molecule has 1 aromatic rings. The second-order valence-electron chi connectivity index (χ2n) is 5.64. The standard InChI is InChI=1S/C15H26N6O.ClH/c1-3-5-12(16)15(22)18-9-11-6-4-7-21(11)14-8-13(17-2)19-10-20-14;/h8,10-12H,3-7,9,16H2,1-2H3,(H,18,22)(H,17,19,20);1H. The van der Waals surface area contributed by atoms with Gasteiger partial charge in [-0.2, -0.15) is 0 Å². The van der Waals surface area contributed by atoms with Gasteiger partial charge in [0.2, 0.25) is 5.91 Å². The number of carbonyl (C=O) groups excluding carboxylic acids is 1. The molecular formula is C15H27ClN6O. The van der Waals surface area contributed by atoms with E-state index in [1.807, 2.05) is 20.0 Å². The molecule has 1 saturated heterocycles. The Bertz CT molecular complexity index is 501. The third kappa shape index (κ3) is 5.21. The van der Waals surface area contributed by atoms with Crippen molar-refractivity contribution >= 4 is 29.9 Å². The fourth-order valence-electron chi connectivity index (χ4n) is 2.78. The Morgan fingerprint density at radius 1 is 1.52 bits per heavy atom. The lowest BCUT2D eigenvalue weighted by Gasteiger charge is -2.26. The third-order valence-corrected chi connectivity index (χ3v) is 4.03. The maximum Gasteiger partial charge on any atom is 0.236 e. The van der Waals surface area contributed by atoms with Crippen LogP contribution in [0.2, 0.25) is 0 Å². The highest BCUT2D eigenvalue weighted by Gasteiger charge is 2.26. The zero-order chi connectivity index (χ0) is 15.9. The van der Waals surface area contributed by atoms with Gasteiger partial charge in [-0.25, -0.2) is 9.97 Å². The summed E-state index contributed by atoms with van der Waals surface area (Å²) in [6.07, 6.45) is 5.34. The number of halogens is 1. The lowest BCUT2D eigenvalue weighted by atomic mass is 10.1. The molecule has 0 spiro atoms. The number of hydrogen-bond donors (Lipinski definition) is 3. The highest BCUT2D eigenvalue weighted by molar-refractivity contribution is 5.85. The number of hydrogen-bond acceptors (Lipinski definition) is 6. The third-order valence-electron chi connectivity index (χ3n) is 4.03. The van der Waals surface area contributed by atoms with E-state index in [1.165, 1.54) is 0 Å². The van der Waals surface area contributed by atoms with Gasteiger partial charge in [0.25, 0.3) is 0 Å². The van der Waals surface area contributed by atoms with Crippen LogP contribution in [-0.4, -0.2) is 48.1 Å². The Kier molecular flexibility index (Phi) is 8.05. The SMILES string of the molecule is CCCC(N)C(=O)NCC1CCCN1c1cc(NC)ncn1.Cl. The van der Waals surface area contributed by atoms with E-state index in [2.05, 4.69) is 25.5 Å². The van der Waals surface area contributed by atoms with E-state index >= 15 is 0 Å². The molecule has 8 heteroatoms. The van der Waals surface area contributed by atoms with E-state index in [0.717, 1.165) is 43.9 Å². The summed E-state index contributed by atoms with van der Waals surface area (Å²) in [6.45, 7) is 3.58. The highest BCUT2D eigenvalue weighted by Crippen LogP contribution is 2.24. The fourth-order valence-corrected chi connectivity index (χ4v) is 2.78. The Balaban J connectivity index is 0.00000264. The van der Waals surface area contributed by atoms with E-state index in [4.69, 9.17) is 5.73 Å². The predicted octanol–water partition coefficient (Wildman–Crippen LogP) is 1.15. The van der Waals surface area contributed by atoms with Crippen molar-refractivity contribution in [3.8, 4) is 0 Å². The first-order chi connectivity index (χ1) is 10.7. The van der Waals surface area contributed by atoms with E-state index < -0.39 is 6.04 Å². The molecule has 0 aromatic carbocycles. The van der Waals surface area contributed by atoms with Crippen LogP contribution in [0.4, 0.5) is 11.6 Å². The van der Waals surface area contributed by atoms with Gasteiger partial charge in [0.1, 0.15) is 18.0 Å². The van der Waals surface area contributed by atoms with E-state index in [-0.39, 0.29) is 24.4 Å². The number of carbonyl (C=O) groups is 1. The lowest BCUT2D eigenvalue weighted by molar-refractivity contribution is -0.122. The van der Waals surface area contributed by atoms with Crippen LogP contribution in [0, 0.1) is 0 Å². The van der Waals surface area contributed by atoms with E-state index in [9.17, 15) is 4.79 Å². The molecule has 130 valence electrons. The normalized spacial score (nSPS) is 18.2. The Morgan fingerprint density at radius 3 is 3.00 bits per heavy atom. The number of nitrogens with two attached hydrogens (primary N) is 1. The van der Waals surface area contributed by atoms with Crippen LogP contribution in [-0.2, 0) is 4.79 Å². The molecule has 2 rings (SSSR count). The summed E-state index contributed by atoms with van der Waals surface area (Å²) in [7, 11) is 1.84. The van der Waals surface area contributed by atoms with Crippen molar-refractivity contribution in [3.63, 3.8) is 0 Å². The second-order valence-corrected chi connectivity index (χ2v) is 5.64. The first-order valence-electron chi connectivity index (χ1n) is 7.95. The molecule has 0 saturated carbocycles. The molecule has 1 fully saturated rings. The molecule has 7 nitrogen and oxygen atoms in total. The first kappa shape index (κ1) is 19.4. The average molecular weight is 343 g/mol. The Labute approximate surface area is 143 Å². The quantitative estimate of drug-likeness (QED) is 0.688. The van der Waals surface area contributed by atoms with Crippen molar-refractivity contribution in [1.82, 2.24) is 15.3 Å². The molecule has 4 N–H and O–H groups in total. The van der Waals surface area contributed by atoms with Gasteiger partial charge >= 0.3 is 0 Å². The molecule has 0 bridgehead atoms. The van der Waals surface area contributed by atoms with Crippen LogP contribution in [0.1, 0.15) is 32.6 Å². The zero-order valence-electron chi connectivity index (χ0n) is 13.8. The Hall–Kier alpha value is -1.60. The average Bonchev–Trinajstić information content (AvgIpc) is 3.01. The fraction of sp³-hybridized carbons (Fsp3) is 0.667. The molecule has 1 amide bonds. The number of rotatable bonds is 7. The summed E-state index contributed by atoms with van der Waals surface area (Å²) in [5.74, 6) is 1.63. The molecule has 1 aliphatic heterocycles. The molecule has 2 unspecified atom stereocenters. The smallest absolute Gasteiger partial charge is 0.236 e. The predicted molar refractivity (Wildman–Crippen MR) is 95.1 cm³/mol. The van der Waals surface area contributed by atoms with Gasteiger partial charge in [-0.05, 0) is 19.3 Å². The molecule has 23 heavy (non-hydrogen) atoms. The highest BCUT2D eigenvalue weighted by atomic mass is 35.5. The number of aromatic nitrogens is 2. The van der Waals surface area contributed by atoms with Crippen molar-refractivity contribution in [1.29, 1.82) is 0 Å². The maximum absolute atomic E-state index is 11.9. The molecule has 2 heterocycles. The topological polar surface area (TPSA) is 96.2 Å². The van der Waals surface area contributed by atoms with Crippen LogP contribution in [0.5, 0.6) is 0 Å². The van der Waals surface area contributed by atoms with Gasteiger partial charge < -0.3 is 21.3 Å². The summed E-state index contributed by atoms with van der Waals surface area (Å²) in [6, 6.07) is 1.79. The number of anilines is 2. The lowest BCUT2D eigenvalue weighted by Crippen LogP contribution is -2.46. The molecule has 2 atom stereocenters.